The van der Waals surface area contributed by atoms with E-state index >= 15 is 0 Å². The van der Waals surface area contributed by atoms with Crippen molar-refractivity contribution in [2.75, 3.05) is 7.11 Å². The van der Waals surface area contributed by atoms with Crippen LogP contribution in [0.2, 0.25) is 0 Å². The Kier molecular flexibility index (Phi) is 7.77. The van der Waals surface area contributed by atoms with Gasteiger partial charge in [-0.3, -0.25) is 19.8 Å². The summed E-state index contributed by atoms with van der Waals surface area (Å²) in [6.07, 6.45) is 4.22. The molecule has 0 N–H and O–H groups in total. The molecule has 8 nitrogen and oxygen atoms in total. The quantitative estimate of drug-likeness (QED) is 0.322. The summed E-state index contributed by atoms with van der Waals surface area (Å²) in [5.74, 6) is 0.778. The molecule has 0 saturated carbocycles. The van der Waals surface area contributed by atoms with Crippen LogP contribution in [0.1, 0.15) is 37.3 Å². The number of unbranched alkanes of at least 4 members (excludes halogenated alkanes) is 1. The summed E-state index contributed by atoms with van der Waals surface area (Å²) >= 11 is 1.42. The molecule has 1 aliphatic heterocycles. The van der Waals surface area contributed by atoms with Crippen LogP contribution in [0.4, 0.5) is 5.69 Å². The van der Waals surface area contributed by atoms with Gasteiger partial charge in [0.25, 0.3) is 5.69 Å². The fourth-order valence-corrected chi connectivity index (χ4v) is 4.22. The van der Waals surface area contributed by atoms with Crippen molar-refractivity contribution in [3.05, 3.63) is 69.8 Å². The van der Waals surface area contributed by atoms with E-state index in [2.05, 4.69) is 17.1 Å². The maximum atomic E-state index is 13.0. The molecule has 0 unspecified atom stereocenters. The third kappa shape index (κ3) is 5.91. The van der Waals surface area contributed by atoms with Crippen molar-refractivity contribution in [3.63, 3.8) is 0 Å². The smallest absolute Gasteiger partial charge is 0.270 e. The molecule has 0 aliphatic carbocycles. The van der Waals surface area contributed by atoms with Crippen LogP contribution < -0.4 is 4.74 Å². The first kappa shape index (κ1) is 22.5. The lowest BCUT2D eigenvalue weighted by Crippen LogP contribution is -2.31. The van der Waals surface area contributed by atoms with E-state index in [1.54, 1.807) is 24.1 Å². The highest BCUT2D eigenvalue weighted by molar-refractivity contribution is 8.15. The van der Waals surface area contributed by atoms with E-state index in [0.717, 1.165) is 30.6 Å². The molecule has 0 spiro atoms. The SMILES string of the molecule is CCCC[C@@H]1S/C(=N/N=C\c2cccc([N+](=O)[O-])c2)N(Cc2ccc(OC)cc2)C1=O. The van der Waals surface area contributed by atoms with Crippen molar-refractivity contribution in [3.8, 4) is 5.75 Å². The molecular weight excluding hydrogens is 416 g/mol. The van der Waals surface area contributed by atoms with Gasteiger partial charge < -0.3 is 4.74 Å². The van der Waals surface area contributed by atoms with E-state index < -0.39 is 4.92 Å². The summed E-state index contributed by atoms with van der Waals surface area (Å²) in [7, 11) is 1.61. The van der Waals surface area contributed by atoms with Crippen molar-refractivity contribution in [2.45, 2.75) is 38.0 Å². The van der Waals surface area contributed by atoms with Gasteiger partial charge in [0, 0.05) is 17.7 Å². The van der Waals surface area contributed by atoms with Crippen LogP contribution in [0.5, 0.6) is 5.75 Å². The number of hydrogen-bond acceptors (Lipinski definition) is 7. The molecule has 1 saturated heterocycles. The molecule has 1 heterocycles. The van der Waals surface area contributed by atoms with E-state index in [-0.39, 0.29) is 16.8 Å². The molecule has 9 heteroatoms. The third-order valence-electron chi connectivity index (χ3n) is 4.77. The summed E-state index contributed by atoms with van der Waals surface area (Å²) in [6.45, 7) is 2.49. The predicted octanol–water partition coefficient (Wildman–Crippen LogP) is 4.63. The minimum Gasteiger partial charge on any atom is -0.497 e. The minimum absolute atomic E-state index is 0.0113. The Labute approximate surface area is 185 Å². The van der Waals surface area contributed by atoms with Gasteiger partial charge in [0.2, 0.25) is 5.91 Å². The van der Waals surface area contributed by atoms with Gasteiger partial charge >= 0.3 is 0 Å². The maximum absolute atomic E-state index is 13.0. The number of benzene rings is 2. The number of nitro groups is 1. The number of amides is 1. The van der Waals surface area contributed by atoms with Crippen LogP contribution in [0.15, 0.2) is 58.7 Å². The lowest BCUT2D eigenvalue weighted by Gasteiger charge is -2.16. The number of methoxy groups -OCH3 is 1. The summed E-state index contributed by atoms with van der Waals surface area (Å²) in [4.78, 5) is 25.1. The molecule has 1 aliphatic rings. The Bertz CT molecular complexity index is 991. The summed E-state index contributed by atoms with van der Waals surface area (Å²) in [5, 5.41) is 19.7. The molecule has 1 amide bonds. The molecule has 1 atom stereocenters. The predicted molar refractivity (Wildman–Crippen MR) is 123 cm³/mol. The van der Waals surface area contributed by atoms with Crippen molar-refractivity contribution >= 4 is 34.7 Å². The fourth-order valence-electron chi connectivity index (χ4n) is 3.08. The Hall–Kier alpha value is -3.20. The van der Waals surface area contributed by atoms with Crippen LogP contribution in [0, 0.1) is 10.1 Å². The number of thioether (sulfide) groups is 1. The number of rotatable bonds is 9. The second-order valence-corrected chi connectivity index (χ2v) is 8.17. The zero-order chi connectivity index (χ0) is 22.2. The monoisotopic (exact) mass is 440 g/mol. The molecule has 0 radical (unpaired) electrons. The highest BCUT2D eigenvalue weighted by Gasteiger charge is 2.37. The number of amidine groups is 1. The van der Waals surface area contributed by atoms with E-state index in [4.69, 9.17) is 4.74 Å². The zero-order valence-corrected chi connectivity index (χ0v) is 18.2. The highest BCUT2D eigenvalue weighted by Crippen LogP contribution is 2.32. The van der Waals surface area contributed by atoms with Gasteiger partial charge in [-0.25, -0.2) is 0 Å². The normalized spacial score (nSPS) is 17.6. The average Bonchev–Trinajstić information content (AvgIpc) is 3.07. The van der Waals surface area contributed by atoms with E-state index in [0.29, 0.717) is 17.3 Å². The average molecular weight is 441 g/mol. The second kappa shape index (κ2) is 10.7. The number of nitro benzene ring substituents is 1. The minimum atomic E-state index is -0.455. The Morgan fingerprint density at radius 2 is 2.03 bits per heavy atom. The van der Waals surface area contributed by atoms with Gasteiger partial charge in [0.1, 0.15) is 5.75 Å². The highest BCUT2D eigenvalue weighted by atomic mass is 32.2. The first-order valence-electron chi connectivity index (χ1n) is 9.98. The number of ether oxygens (including phenoxy) is 1. The van der Waals surface area contributed by atoms with Gasteiger partial charge in [0.15, 0.2) is 5.17 Å². The van der Waals surface area contributed by atoms with Gasteiger partial charge in [0.05, 0.1) is 30.0 Å². The number of non-ortho nitro benzene ring substituents is 1. The number of nitrogens with zero attached hydrogens (tertiary/aromatic N) is 4. The molecule has 1 fully saturated rings. The van der Waals surface area contributed by atoms with Crippen molar-refractivity contribution in [1.29, 1.82) is 0 Å². The van der Waals surface area contributed by atoms with E-state index in [1.807, 2.05) is 24.3 Å². The van der Waals surface area contributed by atoms with Crippen LogP contribution >= 0.6 is 11.8 Å². The van der Waals surface area contributed by atoms with Crippen LogP contribution in [0.3, 0.4) is 0 Å². The number of carbonyl (C=O) groups excluding carboxylic acids is 1. The molecular formula is C22H24N4O4S. The fraction of sp³-hybridized carbons (Fsp3) is 0.318. The van der Waals surface area contributed by atoms with Crippen molar-refractivity contribution in [2.24, 2.45) is 10.2 Å². The number of hydrogen-bond donors (Lipinski definition) is 0. The molecule has 2 aromatic carbocycles. The topological polar surface area (TPSA) is 97.4 Å². The molecule has 2 aromatic rings. The first-order valence-corrected chi connectivity index (χ1v) is 10.9. The molecule has 0 aromatic heterocycles. The molecule has 3 rings (SSSR count). The van der Waals surface area contributed by atoms with Gasteiger partial charge in [-0.1, -0.05) is 55.8 Å². The summed E-state index contributed by atoms with van der Waals surface area (Å²) in [5.41, 5.74) is 1.51. The van der Waals surface area contributed by atoms with Crippen molar-refractivity contribution in [1.82, 2.24) is 4.90 Å². The van der Waals surface area contributed by atoms with Gasteiger partial charge in [-0.05, 0) is 24.1 Å². The third-order valence-corrected chi connectivity index (χ3v) is 6.01. The largest absolute Gasteiger partial charge is 0.497 e. The maximum Gasteiger partial charge on any atom is 0.270 e. The lowest BCUT2D eigenvalue weighted by molar-refractivity contribution is -0.384. The lowest BCUT2D eigenvalue weighted by atomic mass is 10.1. The van der Waals surface area contributed by atoms with Gasteiger partial charge in [-0.2, -0.15) is 5.10 Å². The first-order chi connectivity index (χ1) is 15.0. The van der Waals surface area contributed by atoms with Gasteiger partial charge in [-0.15, -0.1) is 5.10 Å². The van der Waals surface area contributed by atoms with Crippen molar-refractivity contribution < 1.29 is 14.5 Å². The van der Waals surface area contributed by atoms with Crippen LogP contribution in [-0.4, -0.2) is 39.5 Å². The number of carbonyl (C=O) groups is 1. The van der Waals surface area contributed by atoms with E-state index in [1.165, 1.54) is 30.1 Å². The zero-order valence-electron chi connectivity index (χ0n) is 17.4. The molecule has 31 heavy (non-hydrogen) atoms. The van der Waals surface area contributed by atoms with E-state index in [9.17, 15) is 14.9 Å². The second-order valence-electron chi connectivity index (χ2n) is 7.00. The summed E-state index contributed by atoms with van der Waals surface area (Å²) < 4.78 is 5.19. The standard InChI is InChI=1S/C22H24N4O4S/c1-3-4-8-20-21(27)25(15-16-9-11-19(30-2)12-10-16)22(31-20)24-23-14-17-6-5-7-18(13-17)26(28)29/h5-7,9-14,20H,3-4,8,15H2,1-2H3/b23-14-,24-22+/t20-/m0/s1. The Morgan fingerprint density at radius 3 is 2.71 bits per heavy atom. The summed E-state index contributed by atoms with van der Waals surface area (Å²) in [6, 6.07) is 13.7. The van der Waals surface area contributed by atoms with Crippen LogP contribution in [-0.2, 0) is 11.3 Å². The molecule has 162 valence electrons. The Morgan fingerprint density at radius 1 is 1.26 bits per heavy atom. The Balaban J connectivity index is 1.80. The molecule has 0 bridgehead atoms. The van der Waals surface area contributed by atoms with Crippen LogP contribution in [0.25, 0.3) is 0 Å².